The summed E-state index contributed by atoms with van der Waals surface area (Å²) in [6.07, 6.45) is 2.56. The number of ether oxygens (including phenoxy) is 1. The third kappa shape index (κ3) is 3.51. The van der Waals surface area contributed by atoms with Gasteiger partial charge in [-0.25, -0.2) is 0 Å². The van der Waals surface area contributed by atoms with E-state index in [1.807, 2.05) is 24.3 Å². The third-order valence-electron chi connectivity index (χ3n) is 3.00. The van der Waals surface area contributed by atoms with Crippen LogP contribution in [0.3, 0.4) is 0 Å². The fourth-order valence-electron chi connectivity index (χ4n) is 2.02. The number of hydrogen-bond acceptors (Lipinski definition) is 3. The molecule has 1 atom stereocenters. The number of rotatable bonds is 4. The van der Waals surface area contributed by atoms with Gasteiger partial charge < -0.3 is 15.8 Å². The Morgan fingerprint density at radius 3 is 2.81 bits per heavy atom. The molecule has 1 aliphatic rings. The number of hydrogen-bond donors (Lipinski definition) is 2. The summed E-state index contributed by atoms with van der Waals surface area (Å²) in [5.74, 6) is 0.683. The minimum Gasteiger partial charge on any atom is -0.399 e. The van der Waals surface area contributed by atoms with E-state index in [-0.39, 0.29) is 0 Å². The van der Waals surface area contributed by atoms with Crippen molar-refractivity contribution < 1.29 is 4.74 Å². The van der Waals surface area contributed by atoms with Crippen molar-refractivity contribution in [1.29, 1.82) is 0 Å². The van der Waals surface area contributed by atoms with Gasteiger partial charge in [-0.3, -0.25) is 0 Å². The third-order valence-corrected chi connectivity index (χ3v) is 3.00. The van der Waals surface area contributed by atoms with Crippen LogP contribution >= 0.6 is 0 Å². The highest BCUT2D eigenvalue weighted by atomic mass is 16.5. The molecule has 0 aliphatic carbocycles. The Morgan fingerprint density at radius 2 is 2.12 bits per heavy atom. The number of benzene rings is 1. The van der Waals surface area contributed by atoms with Gasteiger partial charge in [0, 0.05) is 12.2 Å². The van der Waals surface area contributed by atoms with Crippen LogP contribution in [-0.4, -0.2) is 19.7 Å². The van der Waals surface area contributed by atoms with Crippen molar-refractivity contribution in [3.05, 3.63) is 29.8 Å². The second kappa shape index (κ2) is 5.87. The summed E-state index contributed by atoms with van der Waals surface area (Å²) in [6.45, 7) is 3.81. The first kappa shape index (κ1) is 11.4. The van der Waals surface area contributed by atoms with Crippen LogP contribution in [-0.2, 0) is 11.3 Å². The molecule has 1 saturated heterocycles. The lowest BCUT2D eigenvalue weighted by Crippen LogP contribution is -2.32. The highest BCUT2D eigenvalue weighted by molar-refractivity contribution is 5.39. The topological polar surface area (TPSA) is 47.3 Å². The van der Waals surface area contributed by atoms with E-state index in [4.69, 9.17) is 10.5 Å². The predicted octanol–water partition coefficient (Wildman–Crippen LogP) is 1.78. The second-order valence-corrected chi connectivity index (χ2v) is 4.47. The Kier molecular flexibility index (Phi) is 4.19. The molecule has 1 heterocycles. The maximum Gasteiger partial charge on any atom is 0.0717 e. The number of nitrogens with two attached hydrogens (primary N) is 1. The molecule has 3 heteroatoms. The minimum absolute atomic E-state index is 0.683. The minimum atomic E-state index is 0.683. The summed E-state index contributed by atoms with van der Waals surface area (Å²) < 4.78 is 5.72. The van der Waals surface area contributed by atoms with Gasteiger partial charge in [0.2, 0.25) is 0 Å². The molecule has 1 aromatic carbocycles. The molecule has 0 amide bonds. The van der Waals surface area contributed by atoms with Gasteiger partial charge in [-0.2, -0.15) is 0 Å². The molecule has 2 rings (SSSR count). The SMILES string of the molecule is Nc1ccc(COCC2CCCNC2)cc1. The van der Waals surface area contributed by atoms with Gasteiger partial charge >= 0.3 is 0 Å². The predicted molar refractivity (Wildman–Crippen MR) is 66.1 cm³/mol. The van der Waals surface area contributed by atoms with E-state index < -0.39 is 0 Å². The summed E-state index contributed by atoms with van der Waals surface area (Å²) >= 11 is 0. The first-order chi connectivity index (χ1) is 7.84. The fraction of sp³-hybridized carbons (Fsp3) is 0.538. The maximum atomic E-state index is 5.72. The molecule has 88 valence electrons. The van der Waals surface area contributed by atoms with Gasteiger partial charge in [0.25, 0.3) is 0 Å². The van der Waals surface area contributed by atoms with Crippen LogP contribution in [0, 0.1) is 5.92 Å². The van der Waals surface area contributed by atoms with Crippen molar-refractivity contribution >= 4 is 5.69 Å². The average molecular weight is 220 g/mol. The summed E-state index contributed by atoms with van der Waals surface area (Å²) in [6, 6.07) is 7.88. The zero-order chi connectivity index (χ0) is 11.2. The number of anilines is 1. The largest absolute Gasteiger partial charge is 0.399 e. The van der Waals surface area contributed by atoms with Gasteiger partial charge in [0.05, 0.1) is 13.2 Å². The van der Waals surface area contributed by atoms with Gasteiger partial charge in [-0.05, 0) is 43.0 Å². The number of piperidine rings is 1. The summed E-state index contributed by atoms with van der Waals surface area (Å²) in [7, 11) is 0. The highest BCUT2D eigenvalue weighted by Gasteiger charge is 2.12. The fourth-order valence-corrected chi connectivity index (χ4v) is 2.02. The smallest absolute Gasteiger partial charge is 0.0717 e. The van der Waals surface area contributed by atoms with E-state index in [2.05, 4.69) is 5.32 Å². The van der Waals surface area contributed by atoms with E-state index in [1.165, 1.54) is 18.4 Å². The molecule has 0 bridgehead atoms. The van der Waals surface area contributed by atoms with Crippen LogP contribution in [0.15, 0.2) is 24.3 Å². The van der Waals surface area contributed by atoms with Crippen LogP contribution in [0.5, 0.6) is 0 Å². The maximum absolute atomic E-state index is 5.72. The normalized spacial score (nSPS) is 20.9. The Morgan fingerprint density at radius 1 is 1.31 bits per heavy atom. The zero-order valence-electron chi connectivity index (χ0n) is 9.61. The van der Waals surface area contributed by atoms with Crippen LogP contribution in [0.2, 0.25) is 0 Å². The zero-order valence-corrected chi connectivity index (χ0v) is 9.61. The second-order valence-electron chi connectivity index (χ2n) is 4.47. The molecule has 1 unspecified atom stereocenters. The van der Waals surface area contributed by atoms with Crippen LogP contribution in [0.25, 0.3) is 0 Å². The Labute approximate surface area is 97.0 Å². The molecule has 0 spiro atoms. The molecule has 3 N–H and O–H groups in total. The van der Waals surface area contributed by atoms with Gasteiger partial charge in [-0.1, -0.05) is 12.1 Å². The molecule has 0 radical (unpaired) electrons. The van der Waals surface area contributed by atoms with E-state index in [0.717, 1.165) is 25.4 Å². The molecule has 0 saturated carbocycles. The number of nitrogen functional groups attached to an aromatic ring is 1. The van der Waals surface area contributed by atoms with Crippen molar-refractivity contribution in [2.75, 3.05) is 25.4 Å². The van der Waals surface area contributed by atoms with Gasteiger partial charge in [0.1, 0.15) is 0 Å². The molecule has 1 fully saturated rings. The molecule has 0 aromatic heterocycles. The monoisotopic (exact) mass is 220 g/mol. The molecule has 3 nitrogen and oxygen atoms in total. The van der Waals surface area contributed by atoms with Crippen molar-refractivity contribution in [1.82, 2.24) is 5.32 Å². The van der Waals surface area contributed by atoms with Crippen LogP contribution in [0.1, 0.15) is 18.4 Å². The van der Waals surface area contributed by atoms with Gasteiger partial charge in [0.15, 0.2) is 0 Å². The summed E-state index contributed by atoms with van der Waals surface area (Å²) in [5, 5.41) is 3.39. The quantitative estimate of drug-likeness (QED) is 0.760. The highest BCUT2D eigenvalue weighted by Crippen LogP contribution is 2.12. The molecule has 1 aliphatic heterocycles. The van der Waals surface area contributed by atoms with Crippen molar-refractivity contribution in [2.45, 2.75) is 19.4 Å². The van der Waals surface area contributed by atoms with E-state index in [9.17, 15) is 0 Å². The van der Waals surface area contributed by atoms with Crippen molar-refractivity contribution in [2.24, 2.45) is 5.92 Å². The standard InChI is InChI=1S/C13H20N2O/c14-13-5-3-11(4-6-13)9-16-10-12-2-1-7-15-8-12/h3-6,12,15H,1-2,7-10,14H2. The molecular weight excluding hydrogens is 200 g/mol. The van der Waals surface area contributed by atoms with E-state index >= 15 is 0 Å². The van der Waals surface area contributed by atoms with E-state index in [0.29, 0.717) is 12.5 Å². The number of nitrogens with one attached hydrogen (secondary N) is 1. The summed E-state index contributed by atoms with van der Waals surface area (Å²) in [5.41, 5.74) is 7.62. The first-order valence-corrected chi connectivity index (χ1v) is 5.97. The first-order valence-electron chi connectivity index (χ1n) is 5.97. The lowest BCUT2D eigenvalue weighted by molar-refractivity contribution is 0.0783. The Balaban J connectivity index is 1.69. The molecule has 16 heavy (non-hydrogen) atoms. The molecular formula is C13H20N2O. The molecule has 1 aromatic rings. The Hall–Kier alpha value is -1.06. The van der Waals surface area contributed by atoms with Crippen molar-refractivity contribution in [3.8, 4) is 0 Å². The lowest BCUT2D eigenvalue weighted by Gasteiger charge is -2.22. The van der Waals surface area contributed by atoms with Gasteiger partial charge in [-0.15, -0.1) is 0 Å². The lowest BCUT2D eigenvalue weighted by atomic mass is 10.0. The Bertz CT molecular complexity index is 304. The average Bonchev–Trinajstić information content (AvgIpc) is 2.33. The van der Waals surface area contributed by atoms with Crippen LogP contribution < -0.4 is 11.1 Å². The van der Waals surface area contributed by atoms with Crippen LogP contribution in [0.4, 0.5) is 5.69 Å². The summed E-state index contributed by atoms with van der Waals surface area (Å²) in [4.78, 5) is 0. The van der Waals surface area contributed by atoms with E-state index in [1.54, 1.807) is 0 Å². The van der Waals surface area contributed by atoms with Crippen molar-refractivity contribution in [3.63, 3.8) is 0 Å².